The Bertz CT molecular complexity index is 1180. The summed E-state index contributed by atoms with van der Waals surface area (Å²) in [4.78, 5) is 33.8. The van der Waals surface area contributed by atoms with Gasteiger partial charge in [-0.3, -0.25) is 4.79 Å². The predicted octanol–water partition coefficient (Wildman–Crippen LogP) is 3.19. The second-order valence-electron chi connectivity index (χ2n) is 7.54. The molecule has 4 rings (SSSR count). The van der Waals surface area contributed by atoms with E-state index in [1.54, 1.807) is 24.3 Å². The van der Waals surface area contributed by atoms with Gasteiger partial charge in [-0.1, -0.05) is 23.7 Å². The van der Waals surface area contributed by atoms with Gasteiger partial charge in [0.25, 0.3) is 0 Å². The van der Waals surface area contributed by atoms with Crippen molar-refractivity contribution in [2.24, 2.45) is 0 Å². The van der Waals surface area contributed by atoms with Crippen molar-refractivity contribution < 1.29 is 28.9 Å². The molecular formula is C21H21ClNO7P. The number of phenolic OH excluding ortho intramolecular Hbond substituents is 1. The Kier molecular flexibility index (Phi) is 6.21. The SMILES string of the molecule is CN1CCC(c2c(OP(O)O)cc(O)c3c(=O)cc(-c4ccccc4Cl)oc23)C(O)C1. The number of phenols is 1. The Morgan fingerprint density at radius 3 is 2.68 bits per heavy atom. The quantitative estimate of drug-likeness (QED) is 0.433. The van der Waals surface area contributed by atoms with Gasteiger partial charge in [-0.05, 0) is 32.1 Å². The van der Waals surface area contributed by atoms with Crippen LogP contribution >= 0.6 is 20.2 Å². The summed E-state index contributed by atoms with van der Waals surface area (Å²) in [7, 11) is -0.936. The topological polar surface area (TPSA) is 124 Å². The van der Waals surface area contributed by atoms with Crippen LogP contribution in [0.4, 0.5) is 0 Å². The molecule has 0 spiro atoms. The first-order valence-electron chi connectivity index (χ1n) is 9.57. The molecule has 31 heavy (non-hydrogen) atoms. The fourth-order valence-electron chi connectivity index (χ4n) is 4.05. The third-order valence-corrected chi connectivity index (χ3v) is 6.15. The van der Waals surface area contributed by atoms with Crippen molar-refractivity contribution in [3.8, 4) is 22.8 Å². The second kappa shape index (κ2) is 8.74. The van der Waals surface area contributed by atoms with Gasteiger partial charge in [0.1, 0.15) is 28.2 Å². The third-order valence-electron chi connectivity index (χ3n) is 5.46. The molecule has 2 aromatic carbocycles. The molecule has 8 nitrogen and oxygen atoms in total. The van der Waals surface area contributed by atoms with Crippen LogP contribution in [0.3, 0.4) is 0 Å². The van der Waals surface area contributed by atoms with Gasteiger partial charge in [-0.25, -0.2) is 0 Å². The highest BCUT2D eigenvalue weighted by Gasteiger charge is 2.34. The van der Waals surface area contributed by atoms with Gasteiger partial charge in [-0.15, -0.1) is 0 Å². The normalized spacial score (nSPS) is 19.8. The van der Waals surface area contributed by atoms with Crippen LogP contribution in [-0.2, 0) is 0 Å². The average molecular weight is 466 g/mol. The van der Waals surface area contributed by atoms with Crippen molar-refractivity contribution in [1.29, 1.82) is 0 Å². The maximum Gasteiger partial charge on any atom is 0.391 e. The van der Waals surface area contributed by atoms with Crippen molar-refractivity contribution in [1.82, 2.24) is 4.90 Å². The summed E-state index contributed by atoms with van der Waals surface area (Å²) in [6.45, 7) is 1.03. The van der Waals surface area contributed by atoms with E-state index in [1.807, 2.05) is 11.9 Å². The number of aliphatic hydroxyl groups excluding tert-OH is 1. The summed E-state index contributed by atoms with van der Waals surface area (Å²) in [5.74, 6) is -0.825. The van der Waals surface area contributed by atoms with Gasteiger partial charge in [0.15, 0.2) is 5.43 Å². The lowest BCUT2D eigenvalue weighted by molar-refractivity contribution is 0.0633. The number of aliphatic hydroxyl groups is 1. The zero-order valence-corrected chi connectivity index (χ0v) is 18.2. The molecule has 1 aliphatic heterocycles. The smallest absolute Gasteiger partial charge is 0.391 e. The van der Waals surface area contributed by atoms with Gasteiger partial charge < -0.3 is 33.8 Å². The molecule has 3 aromatic rings. The number of hydrogen-bond acceptors (Lipinski definition) is 8. The van der Waals surface area contributed by atoms with Crippen molar-refractivity contribution in [3.05, 3.63) is 57.2 Å². The Labute approximate surface area is 183 Å². The van der Waals surface area contributed by atoms with Crippen LogP contribution in [0, 0.1) is 0 Å². The highest BCUT2D eigenvalue weighted by Crippen LogP contribution is 2.46. The first kappa shape index (κ1) is 22.0. The molecule has 2 heterocycles. The van der Waals surface area contributed by atoms with Crippen LogP contribution in [0.2, 0.25) is 5.02 Å². The number of benzene rings is 2. The number of likely N-dealkylation sites (N-methyl/N-ethyl adjacent to an activating group) is 1. The van der Waals surface area contributed by atoms with Crippen LogP contribution in [0.1, 0.15) is 17.9 Å². The molecule has 0 radical (unpaired) electrons. The molecule has 0 amide bonds. The molecule has 1 aromatic heterocycles. The van der Waals surface area contributed by atoms with Gasteiger partial charge in [0.2, 0.25) is 0 Å². The maximum atomic E-state index is 12.9. The van der Waals surface area contributed by atoms with E-state index < -0.39 is 31.8 Å². The molecule has 164 valence electrons. The number of aromatic hydroxyl groups is 1. The molecule has 1 saturated heterocycles. The number of piperidine rings is 1. The molecule has 10 heteroatoms. The summed E-state index contributed by atoms with van der Waals surface area (Å²) in [5.41, 5.74) is 0.299. The van der Waals surface area contributed by atoms with E-state index in [9.17, 15) is 24.8 Å². The number of likely N-dealkylation sites (tertiary alicyclic amines) is 1. The van der Waals surface area contributed by atoms with Gasteiger partial charge >= 0.3 is 8.60 Å². The van der Waals surface area contributed by atoms with Gasteiger partial charge in [0, 0.05) is 35.7 Å². The largest absolute Gasteiger partial charge is 0.507 e. The summed E-state index contributed by atoms with van der Waals surface area (Å²) in [6, 6.07) is 9.23. The lowest BCUT2D eigenvalue weighted by Crippen LogP contribution is -2.40. The van der Waals surface area contributed by atoms with Crippen LogP contribution < -0.4 is 9.95 Å². The summed E-state index contributed by atoms with van der Waals surface area (Å²) in [6.07, 6.45) is -0.324. The van der Waals surface area contributed by atoms with Gasteiger partial charge in [0.05, 0.1) is 11.1 Å². The number of nitrogens with zero attached hydrogens (tertiary/aromatic N) is 1. The molecule has 0 aliphatic carbocycles. The van der Waals surface area contributed by atoms with Crippen molar-refractivity contribution in [2.75, 3.05) is 20.1 Å². The maximum absolute atomic E-state index is 12.9. The summed E-state index contributed by atoms with van der Waals surface area (Å²) in [5, 5.41) is 21.6. The first-order chi connectivity index (χ1) is 14.8. The molecule has 0 bridgehead atoms. The van der Waals surface area contributed by atoms with Crippen LogP contribution in [-0.4, -0.2) is 51.1 Å². The van der Waals surface area contributed by atoms with Crippen LogP contribution in [0.25, 0.3) is 22.3 Å². The van der Waals surface area contributed by atoms with Crippen molar-refractivity contribution >= 4 is 31.2 Å². The predicted molar refractivity (Wildman–Crippen MR) is 117 cm³/mol. The molecular weight excluding hydrogens is 445 g/mol. The number of β-amino-alcohol motifs (C(OH)–C–C–N with tert-alkyl or cyclic N) is 1. The molecule has 0 saturated carbocycles. The second-order valence-corrected chi connectivity index (χ2v) is 8.63. The minimum Gasteiger partial charge on any atom is -0.507 e. The summed E-state index contributed by atoms with van der Waals surface area (Å²) >= 11 is 6.28. The number of rotatable bonds is 4. The fraction of sp³-hybridized carbons (Fsp3) is 0.286. The molecule has 1 fully saturated rings. The zero-order valence-electron chi connectivity index (χ0n) is 16.5. The van der Waals surface area contributed by atoms with Crippen LogP contribution in [0.15, 0.2) is 45.6 Å². The fourth-order valence-corrected chi connectivity index (χ4v) is 4.60. The molecule has 2 unspecified atom stereocenters. The van der Waals surface area contributed by atoms with E-state index in [0.717, 1.165) is 6.07 Å². The van der Waals surface area contributed by atoms with E-state index in [0.29, 0.717) is 35.7 Å². The lowest BCUT2D eigenvalue weighted by Gasteiger charge is -2.34. The number of halogens is 1. The van der Waals surface area contributed by atoms with Gasteiger partial charge in [-0.2, -0.15) is 0 Å². The molecule has 1 aliphatic rings. The molecule has 4 N–H and O–H groups in total. The Hall–Kier alpha value is -2.19. The average Bonchev–Trinajstić information content (AvgIpc) is 2.68. The van der Waals surface area contributed by atoms with E-state index >= 15 is 0 Å². The van der Waals surface area contributed by atoms with E-state index in [1.165, 1.54) is 6.07 Å². The number of hydrogen-bond donors (Lipinski definition) is 4. The van der Waals surface area contributed by atoms with E-state index in [-0.39, 0.29) is 22.5 Å². The summed E-state index contributed by atoms with van der Waals surface area (Å²) < 4.78 is 11.2. The highest BCUT2D eigenvalue weighted by molar-refractivity contribution is 7.39. The van der Waals surface area contributed by atoms with Crippen molar-refractivity contribution in [3.63, 3.8) is 0 Å². The first-order valence-corrected chi connectivity index (χ1v) is 11.1. The minimum atomic E-state index is -2.81. The standard InChI is InChI=1S/C21H21ClNO7P/c1-23-7-6-12(16(26)10-23)19-18(30-31(27)28)9-15(25)20-14(24)8-17(29-21(19)20)11-4-2-3-5-13(11)22/h2-5,8-9,12,16,25-28H,6-7,10H2,1H3. The van der Waals surface area contributed by atoms with E-state index in [4.69, 9.17) is 20.5 Å². The number of fused-ring (bicyclic) bond motifs is 1. The third kappa shape index (κ3) is 4.28. The zero-order chi connectivity index (χ0) is 22.3. The van der Waals surface area contributed by atoms with Crippen LogP contribution in [0.5, 0.6) is 11.5 Å². The Morgan fingerprint density at radius 1 is 1.26 bits per heavy atom. The Balaban J connectivity index is 2.02. The highest BCUT2D eigenvalue weighted by atomic mass is 35.5. The minimum absolute atomic E-state index is 0.0165. The monoisotopic (exact) mass is 465 g/mol. The van der Waals surface area contributed by atoms with E-state index in [2.05, 4.69) is 0 Å². The molecule has 2 atom stereocenters. The Morgan fingerprint density at radius 2 is 2.00 bits per heavy atom. The van der Waals surface area contributed by atoms with Crippen molar-refractivity contribution in [2.45, 2.75) is 18.4 Å². The lowest BCUT2D eigenvalue weighted by atomic mass is 9.85.